The lowest BCUT2D eigenvalue weighted by Crippen LogP contribution is -2.26. The molecule has 0 atom stereocenters. The number of aromatic nitrogens is 1. The van der Waals surface area contributed by atoms with Crippen LogP contribution in [0.1, 0.15) is 18.2 Å². The van der Waals surface area contributed by atoms with Crippen molar-refractivity contribution in [2.75, 3.05) is 7.05 Å². The monoisotopic (exact) mass is 332 g/mol. The second kappa shape index (κ2) is 4.59. The van der Waals surface area contributed by atoms with Crippen molar-refractivity contribution in [2.24, 2.45) is 0 Å². The normalized spacial score (nSPS) is 15.8. The number of likely N-dealkylation sites (N-methyl/N-ethyl adjacent to an activating group) is 1. The van der Waals surface area contributed by atoms with Crippen molar-refractivity contribution in [3.8, 4) is 0 Å². The maximum Gasteiger partial charge on any atom is 0.268 e. The number of carbonyl (C=O) groups is 2. The molecule has 2 aromatic rings. The van der Waals surface area contributed by atoms with Crippen LogP contribution >= 0.6 is 15.9 Å². The largest absolute Gasteiger partial charge is 0.358 e. The van der Waals surface area contributed by atoms with Crippen molar-refractivity contribution in [1.82, 2.24) is 9.88 Å². The first-order chi connectivity index (χ1) is 9.56. The van der Waals surface area contributed by atoms with E-state index in [1.165, 1.54) is 7.05 Å². The van der Waals surface area contributed by atoms with Crippen LogP contribution in [0.3, 0.4) is 0 Å². The first-order valence-corrected chi connectivity index (χ1v) is 7.17. The number of para-hydroxylation sites is 1. The Morgan fingerprint density at radius 2 is 1.90 bits per heavy atom. The van der Waals surface area contributed by atoms with Gasteiger partial charge in [0, 0.05) is 29.2 Å². The Morgan fingerprint density at radius 3 is 2.50 bits per heavy atom. The molecule has 0 radical (unpaired) electrons. The van der Waals surface area contributed by atoms with Crippen molar-refractivity contribution in [3.05, 3.63) is 40.0 Å². The number of hydrogen-bond acceptors (Lipinski definition) is 2. The summed E-state index contributed by atoms with van der Waals surface area (Å²) in [6.07, 6.45) is 0.763. The van der Waals surface area contributed by atoms with Crippen molar-refractivity contribution in [2.45, 2.75) is 13.3 Å². The summed E-state index contributed by atoms with van der Waals surface area (Å²) < 4.78 is 0.337. The SMILES string of the molecule is CCc1[nH]c2ccccc2c1C1=C(Br)C(=O)N(C)C1=O. The Morgan fingerprint density at radius 1 is 1.20 bits per heavy atom. The molecule has 20 heavy (non-hydrogen) atoms. The smallest absolute Gasteiger partial charge is 0.268 e. The molecule has 0 unspecified atom stereocenters. The Bertz CT molecular complexity index is 773. The van der Waals surface area contributed by atoms with Crippen molar-refractivity contribution >= 4 is 44.2 Å². The Balaban J connectivity index is 2.35. The fourth-order valence-corrected chi connectivity index (χ4v) is 3.21. The van der Waals surface area contributed by atoms with Gasteiger partial charge in [0.15, 0.2) is 0 Å². The van der Waals surface area contributed by atoms with Crippen molar-refractivity contribution < 1.29 is 9.59 Å². The molecule has 5 heteroatoms. The summed E-state index contributed by atoms with van der Waals surface area (Å²) in [4.78, 5) is 28.8. The molecular weight excluding hydrogens is 320 g/mol. The molecule has 1 aromatic carbocycles. The number of halogens is 1. The minimum absolute atomic E-state index is 0.263. The highest BCUT2D eigenvalue weighted by Crippen LogP contribution is 2.37. The van der Waals surface area contributed by atoms with Crippen LogP contribution in [0.25, 0.3) is 16.5 Å². The maximum atomic E-state index is 12.3. The van der Waals surface area contributed by atoms with Crippen LogP contribution in [0.4, 0.5) is 0 Å². The van der Waals surface area contributed by atoms with Gasteiger partial charge in [0.05, 0.1) is 10.1 Å². The van der Waals surface area contributed by atoms with Gasteiger partial charge in [-0.1, -0.05) is 25.1 Å². The van der Waals surface area contributed by atoms with E-state index < -0.39 is 0 Å². The summed E-state index contributed by atoms with van der Waals surface area (Å²) in [5.41, 5.74) is 3.22. The zero-order valence-corrected chi connectivity index (χ0v) is 12.7. The van der Waals surface area contributed by atoms with Gasteiger partial charge in [-0.05, 0) is 28.4 Å². The molecule has 4 nitrogen and oxygen atoms in total. The van der Waals surface area contributed by atoms with E-state index in [4.69, 9.17) is 0 Å². The van der Waals surface area contributed by atoms with Gasteiger partial charge in [0.2, 0.25) is 0 Å². The van der Waals surface area contributed by atoms with E-state index >= 15 is 0 Å². The number of hydrogen-bond donors (Lipinski definition) is 1. The molecule has 0 fully saturated rings. The van der Waals surface area contributed by atoms with Crippen LogP contribution in [0.15, 0.2) is 28.7 Å². The zero-order chi connectivity index (χ0) is 14.4. The number of carbonyl (C=O) groups excluding carboxylic acids is 2. The van der Waals surface area contributed by atoms with E-state index in [1.807, 2.05) is 31.2 Å². The fraction of sp³-hybridized carbons (Fsp3) is 0.200. The summed E-state index contributed by atoms with van der Waals surface area (Å²) in [6, 6.07) is 7.80. The summed E-state index contributed by atoms with van der Waals surface area (Å²) in [6.45, 7) is 2.02. The summed E-state index contributed by atoms with van der Waals surface area (Å²) in [7, 11) is 1.50. The third-order valence-corrected chi connectivity index (χ3v) is 4.35. The van der Waals surface area contributed by atoms with Crippen molar-refractivity contribution in [1.29, 1.82) is 0 Å². The molecule has 1 aliphatic heterocycles. The number of amides is 2. The number of nitrogens with zero attached hydrogens (tertiary/aromatic N) is 1. The molecule has 1 N–H and O–H groups in total. The number of aromatic amines is 1. The summed E-state index contributed by atoms with van der Waals surface area (Å²) in [5, 5.41) is 0.966. The second-order valence-corrected chi connectivity index (χ2v) is 5.53. The predicted octanol–water partition coefficient (Wildman–Crippen LogP) is 2.83. The highest BCUT2D eigenvalue weighted by Gasteiger charge is 2.37. The van der Waals surface area contributed by atoms with Gasteiger partial charge < -0.3 is 4.98 Å². The van der Waals surface area contributed by atoms with Crippen LogP contribution in [0, 0.1) is 0 Å². The summed E-state index contributed by atoms with van der Waals surface area (Å²) >= 11 is 3.28. The molecule has 102 valence electrons. The van der Waals surface area contributed by atoms with Crippen LogP contribution in [0.5, 0.6) is 0 Å². The number of aryl methyl sites for hydroxylation is 1. The van der Waals surface area contributed by atoms with Crippen LogP contribution < -0.4 is 0 Å². The Labute approximate surface area is 124 Å². The number of imide groups is 1. The number of benzene rings is 1. The quantitative estimate of drug-likeness (QED) is 0.860. The second-order valence-electron chi connectivity index (χ2n) is 4.74. The first-order valence-electron chi connectivity index (χ1n) is 6.38. The molecule has 0 bridgehead atoms. The van der Waals surface area contributed by atoms with Gasteiger partial charge in [-0.15, -0.1) is 0 Å². The molecule has 0 aliphatic carbocycles. The average Bonchev–Trinajstić information content (AvgIpc) is 2.91. The fourth-order valence-electron chi connectivity index (χ4n) is 2.57. The van der Waals surface area contributed by atoms with Gasteiger partial charge >= 0.3 is 0 Å². The third-order valence-electron chi connectivity index (χ3n) is 3.62. The van der Waals surface area contributed by atoms with E-state index in [9.17, 15) is 9.59 Å². The van der Waals surface area contributed by atoms with Gasteiger partial charge in [0.1, 0.15) is 0 Å². The standard InChI is InChI=1S/C15H13BrN2O2/c1-3-9-11(8-6-4-5-7-10(8)17-9)12-13(16)15(20)18(2)14(12)19/h4-7,17H,3H2,1-2H3. The molecule has 0 spiro atoms. The lowest BCUT2D eigenvalue weighted by molar-refractivity contribution is -0.134. The Kier molecular flexibility index (Phi) is 3.01. The molecule has 0 saturated carbocycles. The van der Waals surface area contributed by atoms with Crippen LogP contribution in [0.2, 0.25) is 0 Å². The maximum absolute atomic E-state index is 12.3. The highest BCUT2D eigenvalue weighted by molar-refractivity contribution is 9.12. The van der Waals surface area contributed by atoms with Gasteiger partial charge in [-0.3, -0.25) is 14.5 Å². The molecule has 3 rings (SSSR count). The number of rotatable bonds is 2. The topological polar surface area (TPSA) is 53.2 Å². The summed E-state index contributed by atoms with van der Waals surface area (Å²) in [5.74, 6) is -0.557. The lowest BCUT2D eigenvalue weighted by atomic mass is 10.0. The van der Waals surface area contributed by atoms with Gasteiger partial charge in [0.25, 0.3) is 11.8 Å². The van der Waals surface area contributed by atoms with Crippen LogP contribution in [-0.4, -0.2) is 28.7 Å². The zero-order valence-electron chi connectivity index (χ0n) is 11.2. The first kappa shape index (κ1) is 13.1. The minimum Gasteiger partial charge on any atom is -0.358 e. The molecule has 1 aliphatic rings. The molecule has 1 aromatic heterocycles. The Hall–Kier alpha value is -1.88. The van der Waals surface area contributed by atoms with E-state index in [2.05, 4.69) is 20.9 Å². The minimum atomic E-state index is -0.294. The number of H-pyrrole nitrogens is 1. The van der Waals surface area contributed by atoms with E-state index in [1.54, 1.807) is 0 Å². The average molecular weight is 333 g/mol. The molecular formula is C15H13BrN2O2. The molecule has 0 saturated heterocycles. The van der Waals surface area contributed by atoms with Crippen molar-refractivity contribution in [3.63, 3.8) is 0 Å². The van der Waals surface area contributed by atoms with E-state index in [-0.39, 0.29) is 11.8 Å². The van der Waals surface area contributed by atoms with Gasteiger partial charge in [-0.25, -0.2) is 0 Å². The molecule has 2 heterocycles. The van der Waals surface area contributed by atoms with E-state index in [0.717, 1.165) is 33.5 Å². The highest BCUT2D eigenvalue weighted by atomic mass is 79.9. The lowest BCUT2D eigenvalue weighted by Gasteiger charge is -2.07. The van der Waals surface area contributed by atoms with Gasteiger partial charge in [-0.2, -0.15) is 0 Å². The molecule has 2 amide bonds. The van der Waals surface area contributed by atoms with E-state index in [0.29, 0.717) is 10.1 Å². The predicted molar refractivity (Wildman–Crippen MR) is 81.3 cm³/mol. The number of fused-ring (bicyclic) bond motifs is 1. The third kappa shape index (κ3) is 1.66. The number of nitrogens with one attached hydrogen (secondary N) is 1. The van der Waals surface area contributed by atoms with Crippen LogP contribution in [-0.2, 0) is 16.0 Å².